The summed E-state index contributed by atoms with van der Waals surface area (Å²) in [7, 11) is 0. The van der Waals surface area contributed by atoms with Gasteiger partial charge in [0.1, 0.15) is 0 Å². The lowest BCUT2D eigenvalue weighted by atomic mass is 10.2. The number of thioether (sulfide) groups is 1. The van der Waals surface area contributed by atoms with E-state index in [0.717, 1.165) is 11.3 Å². The van der Waals surface area contributed by atoms with E-state index in [0.29, 0.717) is 15.8 Å². The number of halogens is 2. The summed E-state index contributed by atoms with van der Waals surface area (Å²) >= 11 is 12.9. The molecule has 0 spiro atoms. The number of para-hydroxylation sites is 1. The molecule has 2 rings (SSSR count). The molecule has 2 aromatic rings. The van der Waals surface area contributed by atoms with Gasteiger partial charge in [0, 0.05) is 11.4 Å². The number of carbonyl (C=O) groups is 1. The maximum Gasteiger partial charge on any atom is 0.283 e. The third-order valence-corrected chi connectivity index (χ3v) is 3.96. The number of rotatable bonds is 3. The van der Waals surface area contributed by atoms with Crippen LogP contribution in [0.2, 0.25) is 10.0 Å². The molecule has 0 bridgehead atoms. The number of benzene rings is 2. The molecule has 1 amide bonds. The quantitative estimate of drug-likeness (QED) is 0.815. The predicted octanol–water partition coefficient (Wildman–Crippen LogP) is 5.46. The van der Waals surface area contributed by atoms with E-state index < -0.39 is 0 Å². The van der Waals surface area contributed by atoms with Gasteiger partial charge in [0.05, 0.1) is 10.0 Å². The van der Waals surface area contributed by atoms with E-state index in [-0.39, 0.29) is 5.24 Å². The number of nitrogens with one attached hydrogen (secondary N) is 1. The average molecular weight is 312 g/mol. The van der Waals surface area contributed by atoms with Crippen molar-refractivity contribution in [2.24, 2.45) is 0 Å². The van der Waals surface area contributed by atoms with E-state index in [2.05, 4.69) is 5.32 Å². The summed E-state index contributed by atoms with van der Waals surface area (Å²) in [5.41, 5.74) is 1.75. The van der Waals surface area contributed by atoms with E-state index in [9.17, 15) is 4.79 Å². The summed E-state index contributed by atoms with van der Waals surface area (Å²) in [5, 5.41) is 3.72. The smallest absolute Gasteiger partial charge is 0.283 e. The molecule has 0 heterocycles. The monoisotopic (exact) mass is 311 g/mol. The topological polar surface area (TPSA) is 29.1 Å². The third kappa shape index (κ3) is 4.46. The van der Waals surface area contributed by atoms with Gasteiger partial charge in [0.15, 0.2) is 0 Å². The molecule has 0 aliphatic rings. The first-order valence-electron chi connectivity index (χ1n) is 5.58. The number of carbonyl (C=O) groups excluding carboxylic acids is 1. The maximum absolute atomic E-state index is 11.7. The lowest BCUT2D eigenvalue weighted by Gasteiger charge is -2.05. The SMILES string of the molecule is O=C(Nc1ccccc1)SCc1ccc(Cl)c(Cl)c1. The van der Waals surface area contributed by atoms with Crippen molar-refractivity contribution in [2.75, 3.05) is 5.32 Å². The molecular formula is C14H11Cl2NOS. The zero-order valence-corrected chi connectivity index (χ0v) is 12.2. The van der Waals surface area contributed by atoms with Crippen molar-refractivity contribution in [2.45, 2.75) is 5.75 Å². The highest BCUT2D eigenvalue weighted by atomic mass is 35.5. The summed E-state index contributed by atoms with van der Waals surface area (Å²) in [5.74, 6) is 0.551. The molecule has 0 unspecified atom stereocenters. The van der Waals surface area contributed by atoms with Gasteiger partial charge in [0.2, 0.25) is 0 Å². The van der Waals surface area contributed by atoms with Gasteiger partial charge in [-0.1, -0.05) is 59.2 Å². The van der Waals surface area contributed by atoms with Crippen LogP contribution in [0.3, 0.4) is 0 Å². The minimum absolute atomic E-state index is 0.0997. The second-order valence-electron chi connectivity index (χ2n) is 3.82. The number of hydrogen-bond acceptors (Lipinski definition) is 2. The van der Waals surface area contributed by atoms with Crippen LogP contribution in [0.4, 0.5) is 10.5 Å². The molecular weight excluding hydrogens is 301 g/mol. The van der Waals surface area contributed by atoms with Gasteiger partial charge in [-0.2, -0.15) is 0 Å². The van der Waals surface area contributed by atoms with Crippen LogP contribution in [0.15, 0.2) is 48.5 Å². The van der Waals surface area contributed by atoms with Gasteiger partial charge in [-0.05, 0) is 29.8 Å². The van der Waals surface area contributed by atoms with Crippen molar-refractivity contribution in [3.63, 3.8) is 0 Å². The zero-order chi connectivity index (χ0) is 13.7. The fourth-order valence-electron chi connectivity index (χ4n) is 1.45. The van der Waals surface area contributed by atoms with E-state index >= 15 is 0 Å². The van der Waals surface area contributed by atoms with Crippen LogP contribution in [0.5, 0.6) is 0 Å². The van der Waals surface area contributed by atoms with Crippen molar-refractivity contribution in [3.05, 3.63) is 64.1 Å². The Labute approximate surface area is 126 Å². The highest BCUT2D eigenvalue weighted by Crippen LogP contribution is 2.25. The van der Waals surface area contributed by atoms with Crippen molar-refractivity contribution in [3.8, 4) is 0 Å². The zero-order valence-electron chi connectivity index (χ0n) is 9.90. The molecule has 0 aromatic heterocycles. The molecule has 0 saturated heterocycles. The first-order valence-corrected chi connectivity index (χ1v) is 7.32. The Hall–Kier alpha value is -1.16. The Morgan fingerprint density at radius 2 is 1.79 bits per heavy atom. The van der Waals surface area contributed by atoms with E-state index in [4.69, 9.17) is 23.2 Å². The van der Waals surface area contributed by atoms with Crippen molar-refractivity contribution in [1.82, 2.24) is 0 Å². The molecule has 0 radical (unpaired) electrons. The molecule has 0 saturated carbocycles. The van der Waals surface area contributed by atoms with Crippen LogP contribution >= 0.6 is 35.0 Å². The summed E-state index contributed by atoms with van der Waals surface area (Å²) in [6, 6.07) is 14.7. The van der Waals surface area contributed by atoms with Crippen LogP contribution < -0.4 is 5.32 Å². The summed E-state index contributed by atoms with van der Waals surface area (Å²) in [4.78, 5) is 11.7. The van der Waals surface area contributed by atoms with Gasteiger partial charge in [-0.3, -0.25) is 4.79 Å². The summed E-state index contributed by atoms with van der Waals surface area (Å²) < 4.78 is 0. The molecule has 2 aromatic carbocycles. The Balaban J connectivity index is 1.88. The Bertz CT molecular complexity index is 575. The van der Waals surface area contributed by atoms with E-state index in [1.165, 1.54) is 11.8 Å². The fourth-order valence-corrected chi connectivity index (χ4v) is 2.44. The van der Waals surface area contributed by atoms with E-state index in [1.54, 1.807) is 12.1 Å². The number of anilines is 1. The van der Waals surface area contributed by atoms with Crippen molar-refractivity contribution in [1.29, 1.82) is 0 Å². The lowest BCUT2D eigenvalue weighted by molar-refractivity contribution is 0.269. The van der Waals surface area contributed by atoms with Gasteiger partial charge in [-0.15, -0.1) is 0 Å². The highest BCUT2D eigenvalue weighted by Gasteiger charge is 2.05. The summed E-state index contributed by atoms with van der Waals surface area (Å²) in [6.07, 6.45) is 0. The largest absolute Gasteiger partial charge is 0.317 e. The fraction of sp³-hybridized carbons (Fsp3) is 0.0714. The van der Waals surface area contributed by atoms with Crippen molar-refractivity contribution < 1.29 is 4.79 Å². The Morgan fingerprint density at radius 1 is 1.05 bits per heavy atom. The summed E-state index contributed by atoms with van der Waals surface area (Å²) in [6.45, 7) is 0. The van der Waals surface area contributed by atoms with Gasteiger partial charge < -0.3 is 5.32 Å². The van der Waals surface area contributed by atoms with Gasteiger partial charge in [0.25, 0.3) is 5.24 Å². The first kappa shape index (κ1) is 14.3. The molecule has 0 fully saturated rings. The Kier molecular flexibility index (Phi) is 5.14. The molecule has 2 nitrogen and oxygen atoms in total. The van der Waals surface area contributed by atoms with Crippen molar-refractivity contribution >= 4 is 45.9 Å². The normalized spacial score (nSPS) is 10.2. The standard InChI is InChI=1S/C14H11Cl2NOS/c15-12-7-6-10(8-13(12)16)9-19-14(18)17-11-4-2-1-3-5-11/h1-8H,9H2,(H,17,18). The maximum atomic E-state index is 11.7. The lowest BCUT2D eigenvalue weighted by Crippen LogP contribution is -2.04. The van der Waals surface area contributed by atoms with Crippen LogP contribution in [0.1, 0.15) is 5.56 Å². The molecule has 5 heteroatoms. The van der Waals surface area contributed by atoms with Crippen LogP contribution in [-0.2, 0) is 5.75 Å². The molecule has 98 valence electrons. The number of amides is 1. The second-order valence-corrected chi connectivity index (χ2v) is 5.58. The highest BCUT2D eigenvalue weighted by molar-refractivity contribution is 8.13. The minimum atomic E-state index is -0.0997. The third-order valence-electron chi connectivity index (χ3n) is 2.37. The average Bonchev–Trinajstić information content (AvgIpc) is 2.41. The minimum Gasteiger partial charge on any atom is -0.317 e. The van der Waals surface area contributed by atoms with Crippen LogP contribution in [0.25, 0.3) is 0 Å². The Morgan fingerprint density at radius 3 is 2.47 bits per heavy atom. The second kappa shape index (κ2) is 6.85. The molecule has 0 aliphatic carbocycles. The molecule has 0 aliphatic heterocycles. The molecule has 0 atom stereocenters. The number of hydrogen-bond donors (Lipinski definition) is 1. The first-order chi connectivity index (χ1) is 9.15. The molecule has 19 heavy (non-hydrogen) atoms. The van der Waals surface area contributed by atoms with Crippen LogP contribution in [0, 0.1) is 0 Å². The predicted molar refractivity (Wildman–Crippen MR) is 83.2 cm³/mol. The molecule has 1 N–H and O–H groups in total. The van der Waals surface area contributed by atoms with Gasteiger partial charge >= 0.3 is 0 Å². The van der Waals surface area contributed by atoms with Gasteiger partial charge in [-0.25, -0.2) is 0 Å². The van der Waals surface area contributed by atoms with E-state index in [1.807, 2.05) is 36.4 Å². The van der Waals surface area contributed by atoms with Crippen LogP contribution in [-0.4, -0.2) is 5.24 Å².